The Morgan fingerprint density at radius 2 is 2.14 bits per heavy atom. The molecule has 1 aliphatic heterocycles. The van der Waals surface area contributed by atoms with E-state index in [4.69, 9.17) is 27.9 Å². The number of nitrogens with one attached hydrogen (secondary N) is 2. The second kappa shape index (κ2) is 12.5. The minimum absolute atomic E-state index is 0.0194. The molecule has 2 fully saturated rings. The third kappa shape index (κ3) is 6.84. The number of carbonyl (C=O) groups excluding carboxylic acids is 1. The van der Waals surface area contributed by atoms with Gasteiger partial charge in [-0.25, -0.2) is 4.39 Å². The van der Waals surface area contributed by atoms with E-state index in [9.17, 15) is 13.6 Å². The first-order chi connectivity index (χ1) is 16.8. The van der Waals surface area contributed by atoms with Crippen LogP contribution in [-0.2, 0) is 0 Å². The van der Waals surface area contributed by atoms with Crippen LogP contribution in [0.2, 0.25) is 5.02 Å². The van der Waals surface area contributed by atoms with Gasteiger partial charge in [0, 0.05) is 36.1 Å². The Morgan fingerprint density at radius 1 is 1.40 bits per heavy atom. The first kappa shape index (κ1) is 27.2. The fourth-order valence-corrected chi connectivity index (χ4v) is 5.11. The van der Waals surface area contributed by atoms with Gasteiger partial charge in [-0.2, -0.15) is 9.49 Å². The molecule has 0 atom stereocenters. The lowest BCUT2D eigenvalue weighted by molar-refractivity contribution is -0.119. The molecule has 1 spiro atoms. The van der Waals surface area contributed by atoms with E-state index in [1.54, 1.807) is 25.4 Å². The zero-order valence-corrected chi connectivity index (χ0v) is 21.1. The maximum atomic E-state index is 13.6. The average molecular weight is 527 g/mol. The molecule has 3 rings (SSSR count). The van der Waals surface area contributed by atoms with Crippen LogP contribution >= 0.6 is 23.2 Å². The van der Waals surface area contributed by atoms with Gasteiger partial charge in [-0.3, -0.25) is 4.79 Å². The van der Waals surface area contributed by atoms with E-state index in [0.717, 1.165) is 50.9 Å². The standard InChI is InChI=1S/C25H30Cl2F2N4O2/c1-3-20(26)17(13-32-30-2)5-4-10-33-14-25(15-33)11-18(12-25)35-22-7-6-21(27)23(24(29)34)19(22)8-9-31-16-28/h3,6-9,13,18,30-31H,1,4-5,10-12,14-16H2,2H3/b9-8-,20-17+,32-13-. The van der Waals surface area contributed by atoms with E-state index in [0.29, 0.717) is 10.8 Å². The molecule has 2 N–H and O–H groups in total. The van der Waals surface area contributed by atoms with E-state index in [1.165, 1.54) is 18.3 Å². The summed E-state index contributed by atoms with van der Waals surface area (Å²) in [6.07, 6.45) is 9.52. The monoisotopic (exact) mass is 526 g/mol. The third-order valence-electron chi connectivity index (χ3n) is 6.29. The predicted molar refractivity (Wildman–Crippen MR) is 137 cm³/mol. The fraction of sp³-hybridized carbons (Fsp3) is 0.440. The Balaban J connectivity index is 1.51. The van der Waals surface area contributed by atoms with Gasteiger partial charge in [0.25, 0.3) is 0 Å². The number of likely N-dealkylation sites (tertiary alicyclic amines) is 1. The predicted octanol–water partition coefficient (Wildman–Crippen LogP) is 5.44. The highest BCUT2D eigenvalue weighted by molar-refractivity contribution is 6.34. The zero-order chi connectivity index (χ0) is 25.4. The molecule has 0 aromatic heterocycles. The van der Waals surface area contributed by atoms with Crippen molar-refractivity contribution in [2.24, 2.45) is 10.5 Å². The van der Waals surface area contributed by atoms with E-state index in [2.05, 4.69) is 27.3 Å². The van der Waals surface area contributed by atoms with Crippen LogP contribution in [0, 0.1) is 5.41 Å². The highest BCUT2D eigenvalue weighted by atomic mass is 35.5. The molecule has 0 amide bonds. The Labute approximate surface area is 214 Å². The lowest BCUT2D eigenvalue weighted by atomic mass is 9.61. The number of hydrazone groups is 1. The number of benzene rings is 1. The molecule has 6 nitrogen and oxygen atoms in total. The van der Waals surface area contributed by atoms with Crippen LogP contribution in [0.1, 0.15) is 41.6 Å². The minimum atomic E-state index is -1.66. The number of alkyl halides is 1. The first-order valence-electron chi connectivity index (χ1n) is 11.4. The summed E-state index contributed by atoms with van der Waals surface area (Å²) in [5.41, 5.74) is 3.82. The number of nitrogens with zero attached hydrogens (tertiary/aromatic N) is 2. The van der Waals surface area contributed by atoms with Crippen molar-refractivity contribution in [3.63, 3.8) is 0 Å². The molecule has 0 radical (unpaired) electrons. The van der Waals surface area contributed by atoms with Crippen molar-refractivity contribution in [3.8, 4) is 5.75 Å². The van der Waals surface area contributed by atoms with Crippen molar-refractivity contribution < 1.29 is 18.3 Å². The van der Waals surface area contributed by atoms with Crippen molar-refractivity contribution in [1.29, 1.82) is 0 Å². The molecule has 2 aliphatic rings. The van der Waals surface area contributed by atoms with Crippen LogP contribution in [0.15, 0.2) is 46.7 Å². The second-order valence-corrected chi connectivity index (χ2v) is 9.61. The van der Waals surface area contributed by atoms with Gasteiger partial charge < -0.3 is 20.4 Å². The molecule has 10 heteroatoms. The van der Waals surface area contributed by atoms with E-state index in [1.807, 2.05) is 0 Å². The molecule has 1 saturated carbocycles. The maximum Gasteiger partial charge on any atom is 0.334 e. The zero-order valence-electron chi connectivity index (χ0n) is 19.6. The van der Waals surface area contributed by atoms with Crippen molar-refractivity contribution in [3.05, 3.63) is 57.7 Å². The van der Waals surface area contributed by atoms with Crippen molar-refractivity contribution in [1.82, 2.24) is 15.6 Å². The van der Waals surface area contributed by atoms with Gasteiger partial charge in [0.1, 0.15) is 5.75 Å². The van der Waals surface area contributed by atoms with Gasteiger partial charge in [-0.15, -0.1) is 0 Å². The molecule has 190 valence electrons. The molecule has 1 heterocycles. The highest BCUT2D eigenvalue weighted by Crippen LogP contribution is 2.50. The normalized spacial score (nSPS) is 18.3. The summed E-state index contributed by atoms with van der Waals surface area (Å²) in [4.78, 5) is 13.9. The van der Waals surface area contributed by atoms with Gasteiger partial charge >= 0.3 is 6.04 Å². The van der Waals surface area contributed by atoms with Crippen LogP contribution in [0.4, 0.5) is 8.78 Å². The Bertz CT molecular complexity index is 1010. The number of carbonyl (C=O) groups is 1. The van der Waals surface area contributed by atoms with Crippen molar-refractivity contribution in [2.45, 2.75) is 31.8 Å². The number of allylic oxidation sites excluding steroid dienone is 3. The van der Waals surface area contributed by atoms with Gasteiger partial charge in [-0.1, -0.05) is 35.9 Å². The first-order valence-corrected chi connectivity index (χ1v) is 12.2. The highest BCUT2D eigenvalue weighted by Gasteiger charge is 2.53. The number of rotatable bonds is 13. The lowest BCUT2D eigenvalue weighted by Gasteiger charge is -2.58. The topological polar surface area (TPSA) is 66.0 Å². The van der Waals surface area contributed by atoms with Crippen LogP contribution in [0.5, 0.6) is 5.75 Å². The summed E-state index contributed by atoms with van der Waals surface area (Å²) in [6.45, 7) is 5.87. The van der Waals surface area contributed by atoms with E-state index >= 15 is 0 Å². The molecule has 1 aromatic carbocycles. The van der Waals surface area contributed by atoms with Gasteiger partial charge in [0.05, 0.1) is 22.9 Å². The molecular weight excluding hydrogens is 497 g/mol. The van der Waals surface area contributed by atoms with Crippen LogP contribution < -0.4 is 15.5 Å². The number of hydrogen-bond acceptors (Lipinski definition) is 6. The van der Waals surface area contributed by atoms with Crippen LogP contribution in [0.3, 0.4) is 0 Å². The van der Waals surface area contributed by atoms with Gasteiger partial charge in [-0.05, 0) is 62.2 Å². The smallest absolute Gasteiger partial charge is 0.334 e. The molecule has 0 bridgehead atoms. The summed E-state index contributed by atoms with van der Waals surface area (Å²) in [6, 6.07) is 1.38. The molecule has 1 aromatic rings. The molecule has 35 heavy (non-hydrogen) atoms. The quantitative estimate of drug-likeness (QED) is 0.118. The summed E-state index contributed by atoms with van der Waals surface area (Å²) in [7, 11) is 1.74. The van der Waals surface area contributed by atoms with E-state index in [-0.39, 0.29) is 27.7 Å². The lowest BCUT2D eigenvalue weighted by Crippen LogP contribution is -2.64. The van der Waals surface area contributed by atoms with Gasteiger partial charge in [0.2, 0.25) is 0 Å². The van der Waals surface area contributed by atoms with Crippen molar-refractivity contribution in [2.75, 3.05) is 33.5 Å². The van der Waals surface area contributed by atoms with E-state index < -0.39 is 12.8 Å². The SMILES string of the molecule is C=C/C(Cl)=C(\C=N/NC)CCCN1CC2(CC(Oc3ccc(Cl)c(C(=O)F)c3/C=C\NCF)C2)C1. The van der Waals surface area contributed by atoms with Crippen LogP contribution in [-0.4, -0.2) is 56.7 Å². The molecule has 1 saturated heterocycles. The summed E-state index contributed by atoms with van der Waals surface area (Å²) in [5.74, 6) is 0.352. The number of hydrogen-bond donors (Lipinski definition) is 2. The molecule has 0 unspecified atom stereocenters. The largest absolute Gasteiger partial charge is 0.490 e. The summed E-state index contributed by atoms with van der Waals surface area (Å²) < 4.78 is 32.1. The number of halogens is 4. The summed E-state index contributed by atoms with van der Waals surface area (Å²) >= 11 is 12.2. The van der Waals surface area contributed by atoms with Gasteiger partial charge in [0.15, 0.2) is 6.80 Å². The Kier molecular flexibility index (Phi) is 9.71. The van der Waals surface area contributed by atoms with Crippen molar-refractivity contribution >= 4 is 41.5 Å². The minimum Gasteiger partial charge on any atom is -0.490 e. The maximum absolute atomic E-state index is 13.6. The second-order valence-electron chi connectivity index (χ2n) is 8.80. The number of ether oxygens (including phenoxy) is 1. The fourth-order valence-electron chi connectivity index (χ4n) is 4.73. The molecular formula is C25H30Cl2F2N4O2. The Hall–Kier alpha value is -2.42. The molecule has 1 aliphatic carbocycles. The average Bonchev–Trinajstić information content (AvgIpc) is 2.78. The summed E-state index contributed by atoms with van der Waals surface area (Å²) in [5, 5.41) is 6.99. The van der Waals surface area contributed by atoms with Crippen LogP contribution in [0.25, 0.3) is 6.08 Å². The Morgan fingerprint density at radius 3 is 2.77 bits per heavy atom. The third-order valence-corrected chi connectivity index (χ3v) is 7.00.